The molecule has 0 unspecified atom stereocenters. The molecule has 3 heterocycles. The van der Waals surface area contributed by atoms with Crippen molar-refractivity contribution in [3.8, 4) is 28.1 Å². The summed E-state index contributed by atoms with van der Waals surface area (Å²) in [4.78, 5) is 8.64. The Hall–Kier alpha value is -3.43. The van der Waals surface area contributed by atoms with E-state index in [4.69, 9.17) is 16.7 Å². The van der Waals surface area contributed by atoms with E-state index in [1.807, 2.05) is 24.3 Å². The number of halogens is 1. The first-order valence-corrected chi connectivity index (χ1v) is 12.4. The third-order valence-electron chi connectivity index (χ3n) is 5.12. The molecule has 0 atom stereocenters. The zero-order valence-electron chi connectivity index (χ0n) is 18.1. The van der Waals surface area contributed by atoms with Gasteiger partial charge in [0.1, 0.15) is 11.4 Å². The van der Waals surface area contributed by atoms with Crippen molar-refractivity contribution in [1.29, 1.82) is 0 Å². The van der Waals surface area contributed by atoms with E-state index in [0.29, 0.717) is 29.9 Å². The molecule has 8 nitrogen and oxygen atoms in total. The third-order valence-corrected chi connectivity index (χ3v) is 6.67. The maximum Gasteiger partial charge on any atom is 0.231 e. The number of rotatable bonds is 7. The van der Waals surface area contributed by atoms with E-state index in [0.717, 1.165) is 16.8 Å². The molecule has 0 aliphatic rings. The average Bonchev–Trinajstić information content (AvgIpc) is 3.19. The lowest BCUT2D eigenvalue weighted by Gasteiger charge is -2.14. The second-order valence-corrected chi connectivity index (χ2v) is 9.69. The summed E-state index contributed by atoms with van der Waals surface area (Å²) in [6.07, 6.45) is 10.0. The van der Waals surface area contributed by atoms with Crippen molar-refractivity contribution in [2.24, 2.45) is 0 Å². The minimum atomic E-state index is -3.32. The minimum absolute atomic E-state index is 0.0336. The van der Waals surface area contributed by atoms with Crippen molar-refractivity contribution in [3.05, 3.63) is 78.0 Å². The Balaban J connectivity index is 1.86. The predicted molar refractivity (Wildman–Crippen MR) is 128 cm³/mol. The van der Waals surface area contributed by atoms with Crippen LogP contribution in [0.3, 0.4) is 0 Å². The largest absolute Gasteiger partial charge is 0.506 e. The molecule has 3 aromatic heterocycles. The molecule has 0 spiro atoms. The molecule has 0 amide bonds. The lowest BCUT2D eigenvalue weighted by Crippen LogP contribution is -2.24. The van der Waals surface area contributed by atoms with Gasteiger partial charge in [0, 0.05) is 49.0 Å². The normalized spacial score (nSPS) is 12.0. The van der Waals surface area contributed by atoms with Crippen molar-refractivity contribution in [2.75, 3.05) is 12.8 Å². The summed E-state index contributed by atoms with van der Waals surface area (Å²) in [6.45, 7) is 2.12. The van der Waals surface area contributed by atoms with Crippen molar-refractivity contribution >= 4 is 27.3 Å². The number of aromatic nitrogens is 4. The van der Waals surface area contributed by atoms with Crippen LogP contribution >= 0.6 is 11.6 Å². The quantitative estimate of drug-likeness (QED) is 0.423. The first kappa shape index (κ1) is 22.8. The van der Waals surface area contributed by atoms with Crippen molar-refractivity contribution in [3.63, 3.8) is 0 Å². The van der Waals surface area contributed by atoms with Crippen LogP contribution in [0.25, 0.3) is 28.0 Å². The molecule has 0 aliphatic carbocycles. The SMILES string of the molecule is CCN(/C=C\Cc1ccnc2c(-c3ccc(Cl)c(O)c3)c(-c3ccncc3)nn12)S(C)(=O)=O. The summed E-state index contributed by atoms with van der Waals surface area (Å²) < 4.78 is 26.7. The molecule has 33 heavy (non-hydrogen) atoms. The van der Waals surface area contributed by atoms with Gasteiger partial charge in [-0.3, -0.25) is 9.29 Å². The highest BCUT2D eigenvalue weighted by atomic mass is 35.5. The maximum atomic E-state index is 11.8. The van der Waals surface area contributed by atoms with Gasteiger partial charge in [-0.15, -0.1) is 0 Å². The molecule has 0 saturated heterocycles. The third kappa shape index (κ3) is 4.69. The second kappa shape index (κ2) is 9.21. The summed E-state index contributed by atoms with van der Waals surface area (Å²) in [5.74, 6) is -0.0336. The van der Waals surface area contributed by atoms with Crippen LogP contribution < -0.4 is 0 Å². The monoisotopic (exact) mass is 483 g/mol. The molecule has 4 aromatic rings. The lowest BCUT2D eigenvalue weighted by atomic mass is 10.0. The van der Waals surface area contributed by atoms with Crippen LogP contribution in [-0.2, 0) is 16.4 Å². The van der Waals surface area contributed by atoms with Gasteiger partial charge in [-0.05, 0) is 42.8 Å². The highest BCUT2D eigenvalue weighted by Crippen LogP contribution is 2.37. The van der Waals surface area contributed by atoms with Crippen LogP contribution in [0, 0.1) is 0 Å². The first-order chi connectivity index (χ1) is 15.8. The molecule has 1 aromatic carbocycles. The second-order valence-electron chi connectivity index (χ2n) is 7.35. The van der Waals surface area contributed by atoms with Crippen molar-refractivity contribution < 1.29 is 13.5 Å². The smallest absolute Gasteiger partial charge is 0.231 e. The number of benzene rings is 1. The number of aromatic hydroxyl groups is 1. The van der Waals surface area contributed by atoms with Crippen molar-refractivity contribution in [1.82, 2.24) is 23.9 Å². The van der Waals surface area contributed by atoms with E-state index in [-0.39, 0.29) is 10.8 Å². The molecule has 170 valence electrons. The molecule has 1 N–H and O–H groups in total. The lowest BCUT2D eigenvalue weighted by molar-refractivity contribution is 0.476. The number of allylic oxidation sites excluding steroid dienone is 1. The van der Waals surface area contributed by atoms with Crippen LogP contribution in [0.2, 0.25) is 5.02 Å². The van der Waals surface area contributed by atoms with Gasteiger partial charge in [0.05, 0.1) is 16.8 Å². The number of sulfonamides is 1. The Kier molecular flexibility index (Phi) is 6.35. The fraction of sp³-hybridized carbons (Fsp3) is 0.174. The van der Waals surface area contributed by atoms with Gasteiger partial charge < -0.3 is 5.11 Å². The van der Waals surface area contributed by atoms with Gasteiger partial charge in [0.15, 0.2) is 5.65 Å². The molecule has 0 fully saturated rings. The summed E-state index contributed by atoms with van der Waals surface area (Å²) in [7, 11) is -3.32. The number of nitrogens with zero attached hydrogens (tertiary/aromatic N) is 5. The van der Waals surface area contributed by atoms with Gasteiger partial charge in [0.25, 0.3) is 0 Å². The van der Waals surface area contributed by atoms with E-state index in [1.54, 1.807) is 54.4 Å². The number of hydrogen-bond donors (Lipinski definition) is 1. The fourth-order valence-corrected chi connectivity index (χ4v) is 4.43. The summed E-state index contributed by atoms with van der Waals surface area (Å²) >= 11 is 6.02. The van der Waals surface area contributed by atoms with Crippen LogP contribution in [0.1, 0.15) is 12.6 Å². The summed E-state index contributed by atoms with van der Waals surface area (Å²) in [5, 5.41) is 15.3. The van der Waals surface area contributed by atoms with Gasteiger partial charge in [-0.1, -0.05) is 23.7 Å². The molecule has 10 heteroatoms. The van der Waals surface area contributed by atoms with E-state index in [9.17, 15) is 13.5 Å². The Labute approximate surface area is 196 Å². The molecular formula is C23H22ClN5O3S. The topological polar surface area (TPSA) is 101 Å². The number of phenols is 1. The Morgan fingerprint density at radius 3 is 2.55 bits per heavy atom. The van der Waals surface area contributed by atoms with Crippen LogP contribution in [0.5, 0.6) is 5.75 Å². The number of fused-ring (bicyclic) bond motifs is 1. The highest BCUT2D eigenvalue weighted by molar-refractivity contribution is 7.88. The zero-order chi connectivity index (χ0) is 23.6. The summed E-state index contributed by atoms with van der Waals surface area (Å²) in [5.41, 5.74) is 4.40. The molecule has 0 aliphatic heterocycles. The standard InChI is InChI=1S/C23H22ClN5O3S/c1-3-28(33(2,31)32)14-4-5-18-10-13-26-23-21(17-6-7-19(24)20(30)15-17)22(27-29(18)23)16-8-11-25-12-9-16/h4,6-15,30H,3,5H2,1-2H3/b14-4-. The number of hydrogen-bond acceptors (Lipinski definition) is 6. The predicted octanol–water partition coefficient (Wildman–Crippen LogP) is 4.16. The Morgan fingerprint density at radius 2 is 1.88 bits per heavy atom. The van der Waals surface area contributed by atoms with Crippen molar-refractivity contribution in [2.45, 2.75) is 13.3 Å². The Bertz CT molecular complexity index is 1440. The van der Waals surface area contributed by atoms with Crippen LogP contribution in [0.15, 0.2) is 67.3 Å². The van der Waals surface area contributed by atoms with Gasteiger partial charge in [0.2, 0.25) is 10.0 Å². The molecule has 4 rings (SSSR count). The maximum absolute atomic E-state index is 11.8. The van der Waals surface area contributed by atoms with Gasteiger partial charge >= 0.3 is 0 Å². The highest BCUT2D eigenvalue weighted by Gasteiger charge is 2.20. The molecular weight excluding hydrogens is 462 g/mol. The van der Waals surface area contributed by atoms with Gasteiger partial charge in [-0.25, -0.2) is 17.9 Å². The zero-order valence-corrected chi connectivity index (χ0v) is 19.6. The van der Waals surface area contributed by atoms with E-state index < -0.39 is 10.0 Å². The fourth-order valence-electron chi connectivity index (χ4n) is 3.54. The van der Waals surface area contributed by atoms with Crippen LogP contribution in [-0.4, -0.2) is 50.2 Å². The van der Waals surface area contributed by atoms with Gasteiger partial charge in [-0.2, -0.15) is 5.10 Å². The molecule has 0 radical (unpaired) electrons. The average molecular weight is 484 g/mol. The van der Waals surface area contributed by atoms with E-state index >= 15 is 0 Å². The van der Waals surface area contributed by atoms with E-state index in [2.05, 4.69) is 9.97 Å². The van der Waals surface area contributed by atoms with Crippen LogP contribution in [0.4, 0.5) is 0 Å². The minimum Gasteiger partial charge on any atom is -0.506 e. The number of pyridine rings is 1. The summed E-state index contributed by atoms with van der Waals surface area (Å²) in [6, 6.07) is 10.6. The molecule has 0 saturated carbocycles. The number of phenolic OH excluding ortho intramolecular Hbond substituents is 1. The van der Waals surface area contributed by atoms with E-state index in [1.165, 1.54) is 10.6 Å². The first-order valence-electron chi connectivity index (χ1n) is 10.2. The molecule has 0 bridgehead atoms. The Morgan fingerprint density at radius 1 is 1.12 bits per heavy atom.